The molecule has 0 aromatic heterocycles. The average molecular weight is 625 g/mol. The van der Waals surface area contributed by atoms with Gasteiger partial charge in [0.2, 0.25) is 17.6 Å². The van der Waals surface area contributed by atoms with Crippen molar-refractivity contribution >= 4 is 29.6 Å². The first kappa shape index (κ1) is 34.5. The smallest absolute Gasteiger partial charge is 0.420 e. The largest absolute Gasteiger partial charge is 0.451 e. The van der Waals surface area contributed by atoms with Crippen molar-refractivity contribution < 1.29 is 46.6 Å². The summed E-state index contributed by atoms with van der Waals surface area (Å²) in [5, 5.41) is 4.96. The van der Waals surface area contributed by atoms with Gasteiger partial charge in [-0.2, -0.15) is 13.2 Å². The summed E-state index contributed by atoms with van der Waals surface area (Å²) in [7, 11) is 0. The third kappa shape index (κ3) is 8.58. The van der Waals surface area contributed by atoms with E-state index in [9.17, 15) is 37.1 Å². The third-order valence-electron chi connectivity index (χ3n) is 7.33. The molecule has 0 spiro atoms. The Morgan fingerprint density at radius 3 is 2.07 bits per heavy atom. The molecule has 2 saturated heterocycles. The molecule has 0 bridgehead atoms. The first-order valence-corrected chi connectivity index (χ1v) is 14.5. The highest BCUT2D eigenvalue weighted by Crippen LogP contribution is 2.32. The van der Waals surface area contributed by atoms with E-state index in [2.05, 4.69) is 15.4 Å². The number of nitrogens with one attached hydrogen (secondary N) is 2. The second-order valence-corrected chi connectivity index (χ2v) is 11.3. The first-order valence-electron chi connectivity index (χ1n) is 14.5. The van der Waals surface area contributed by atoms with Crippen molar-refractivity contribution in [1.29, 1.82) is 0 Å². The molecule has 2 heterocycles. The maximum absolute atomic E-state index is 13.7. The van der Waals surface area contributed by atoms with Crippen LogP contribution in [0.3, 0.4) is 0 Å². The van der Waals surface area contributed by atoms with E-state index >= 15 is 0 Å². The highest BCUT2D eigenvalue weighted by Gasteiger charge is 2.43. The summed E-state index contributed by atoms with van der Waals surface area (Å²) in [6, 6.07) is 3.88. The van der Waals surface area contributed by atoms with Crippen molar-refractivity contribution in [2.24, 2.45) is 11.8 Å². The fourth-order valence-corrected chi connectivity index (χ4v) is 5.02. The van der Waals surface area contributed by atoms with Crippen LogP contribution in [0.1, 0.15) is 68.2 Å². The van der Waals surface area contributed by atoms with Gasteiger partial charge in [0.25, 0.3) is 11.8 Å². The van der Waals surface area contributed by atoms with E-state index in [0.29, 0.717) is 38.3 Å². The van der Waals surface area contributed by atoms with Gasteiger partial charge < -0.3 is 29.9 Å². The number of halogens is 3. The molecule has 4 amide bonds. The zero-order chi connectivity index (χ0) is 32.8. The molecular formula is C30H39F3N4O7. The standard InChI is InChI=1S/C30H39F3N4O7/c1-17(2)23(25(30(31,32)33)44-19(5)38)34-27(40)22-7-6-12-37(22)29(42)24(18(3)4)35-26(39)20-8-10-21(11-9-20)28(41)36-13-15-43-16-14-36/h8-11,17-18,22,24H,6-7,12-16H2,1-5H3,(H,34,40)(H,35,39)/t22-,24-/m0/s1. The summed E-state index contributed by atoms with van der Waals surface area (Å²) in [6.45, 7) is 9.06. The number of ether oxygens (including phenoxy) is 2. The van der Waals surface area contributed by atoms with Crippen LogP contribution in [-0.4, -0.2) is 90.5 Å². The normalized spacial score (nSPS) is 18.5. The lowest BCUT2D eigenvalue weighted by Gasteiger charge is -2.31. The molecule has 2 aliphatic heterocycles. The lowest BCUT2D eigenvalue weighted by Crippen LogP contribution is -2.55. The predicted molar refractivity (Wildman–Crippen MR) is 152 cm³/mol. The Morgan fingerprint density at radius 2 is 1.55 bits per heavy atom. The molecule has 1 aromatic carbocycles. The van der Waals surface area contributed by atoms with E-state index in [0.717, 1.165) is 6.92 Å². The number of amides is 4. The maximum atomic E-state index is 13.7. The van der Waals surface area contributed by atoms with Gasteiger partial charge >= 0.3 is 12.1 Å². The van der Waals surface area contributed by atoms with Gasteiger partial charge in [0, 0.05) is 37.7 Å². The number of benzene rings is 1. The quantitative estimate of drug-likeness (QED) is 0.319. The molecule has 11 nitrogen and oxygen atoms in total. The van der Waals surface area contributed by atoms with Gasteiger partial charge in [0.05, 0.1) is 18.9 Å². The number of hydrogen-bond acceptors (Lipinski definition) is 7. The van der Waals surface area contributed by atoms with Crippen LogP contribution in [0.4, 0.5) is 13.2 Å². The minimum atomic E-state index is -5.05. The summed E-state index contributed by atoms with van der Waals surface area (Å²) in [5.41, 5.74) is -0.00104. The number of alkyl halides is 3. The fraction of sp³-hybridized carbons (Fsp3) is 0.567. The van der Waals surface area contributed by atoms with Crippen molar-refractivity contribution in [2.45, 2.75) is 65.7 Å². The monoisotopic (exact) mass is 624 g/mol. The van der Waals surface area contributed by atoms with E-state index in [4.69, 9.17) is 4.74 Å². The molecule has 0 unspecified atom stereocenters. The number of carbonyl (C=O) groups excluding carboxylic acids is 5. The topological polar surface area (TPSA) is 134 Å². The molecule has 2 N–H and O–H groups in total. The number of carbonyl (C=O) groups is 5. The minimum absolute atomic E-state index is 0.158. The lowest BCUT2D eigenvalue weighted by molar-refractivity contribution is -0.159. The SMILES string of the molecule is CC(=O)OC(=C(NC(=O)[C@@H]1CCCN1C(=O)[C@@H](NC(=O)c1ccc(C(=O)N2CCOCC2)cc1)C(C)C)C(C)C)C(F)(F)F. The second kappa shape index (κ2) is 14.7. The average Bonchev–Trinajstić information content (AvgIpc) is 3.46. The van der Waals surface area contributed by atoms with Crippen LogP contribution in [0.5, 0.6) is 0 Å². The molecule has 2 aliphatic rings. The molecule has 2 fully saturated rings. The highest BCUT2D eigenvalue weighted by molar-refractivity contribution is 6.00. The predicted octanol–water partition coefficient (Wildman–Crippen LogP) is 3.01. The lowest BCUT2D eigenvalue weighted by atomic mass is 10.0. The van der Waals surface area contributed by atoms with Crippen molar-refractivity contribution in [3.63, 3.8) is 0 Å². The van der Waals surface area contributed by atoms with Crippen LogP contribution < -0.4 is 10.6 Å². The Morgan fingerprint density at radius 1 is 0.955 bits per heavy atom. The summed E-state index contributed by atoms with van der Waals surface area (Å²) < 4.78 is 50.8. The maximum Gasteiger partial charge on any atom is 0.451 e. The van der Waals surface area contributed by atoms with Gasteiger partial charge in [-0.15, -0.1) is 0 Å². The summed E-state index contributed by atoms with van der Waals surface area (Å²) >= 11 is 0. The molecule has 2 atom stereocenters. The number of morpholine rings is 1. The molecule has 44 heavy (non-hydrogen) atoms. The Bertz CT molecular complexity index is 1270. The summed E-state index contributed by atoms with van der Waals surface area (Å²) in [6.07, 6.45) is -4.45. The van der Waals surface area contributed by atoms with E-state index < -0.39 is 65.2 Å². The first-order chi connectivity index (χ1) is 20.6. The van der Waals surface area contributed by atoms with Crippen molar-refractivity contribution in [1.82, 2.24) is 20.4 Å². The molecule has 14 heteroatoms. The van der Waals surface area contributed by atoms with Gasteiger partial charge in [-0.3, -0.25) is 24.0 Å². The molecular weight excluding hydrogens is 585 g/mol. The fourth-order valence-electron chi connectivity index (χ4n) is 5.02. The number of hydrogen-bond donors (Lipinski definition) is 2. The van der Waals surface area contributed by atoms with Crippen LogP contribution in [0.2, 0.25) is 0 Å². The van der Waals surface area contributed by atoms with Crippen molar-refractivity contribution in [2.75, 3.05) is 32.8 Å². The molecule has 3 rings (SSSR count). The number of nitrogens with zero attached hydrogens (tertiary/aromatic N) is 2. The Balaban J connectivity index is 1.75. The molecule has 242 valence electrons. The van der Waals surface area contributed by atoms with Crippen LogP contribution >= 0.6 is 0 Å². The second-order valence-electron chi connectivity index (χ2n) is 11.3. The zero-order valence-electron chi connectivity index (χ0n) is 25.5. The van der Waals surface area contributed by atoms with Crippen molar-refractivity contribution in [3.05, 3.63) is 46.8 Å². The van der Waals surface area contributed by atoms with Crippen molar-refractivity contribution in [3.8, 4) is 0 Å². The van der Waals surface area contributed by atoms with Gasteiger partial charge in [-0.1, -0.05) is 27.7 Å². The number of esters is 1. The number of allylic oxidation sites excluding steroid dienone is 2. The number of rotatable bonds is 9. The van der Waals surface area contributed by atoms with E-state index in [1.54, 1.807) is 18.7 Å². The zero-order valence-corrected chi connectivity index (χ0v) is 25.5. The number of likely N-dealkylation sites (tertiary alicyclic amines) is 1. The molecule has 0 aliphatic carbocycles. The van der Waals surface area contributed by atoms with Gasteiger partial charge in [0.15, 0.2) is 0 Å². The van der Waals surface area contributed by atoms with Crippen LogP contribution in [0.25, 0.3) is 0 Å². The highest BCUT2D eigenvalue weighted by atomic mass is 19.4. The summed E-state index contributed by atoms with van der Waals surface area (Å²) in [5.74, 6) is -6.25. The summed E-state index contributed by atoms with van der Waals surface area (Å²) in [4.78, 5) is 67.0. The van der Waals surface area contributed by atoms with Gasteiger partial charge in [-0.05, 0) is 48.9 Å². The molecule has 1 aromatic rings. The molecule has 0 radical (unpaired) electrons. The third-order valence-corrected chi connectivity index (χ3v) is 7.33. The Labute approximate surface area is 254 Å². The van der Waals surface area contributed by atoms with Gasteiger partial charge in [-0.25, -0.2) is 0 Å². The molecule has 0 saturated carbocycles. The van der Waals surface area contributed by atoms with Crippen LogP contribution in [0, 0.1) is 11.8 Å². The minimum Gasteiger partial charge on any atom is -0.420 e. The van der Waals surface area contributed by atoms with Crippen LogP contribution in [-0.2, 0) is 23.9 Å². The Kier molecular flexibility index (Phi) is 11.5. The van der Waals surface area contributed by atoms with E-state index in [1.807, 2.05) is 0 Å². The Hall–Kier alpha value is -3.94. The van der Waals surface area contributed by atoms with Crippen LogP contribution in [0.15, 0.2) is 35.7 Å². The van der Waals surface area contributed by atoms with Gasteiger partial charge in [0.1, 0.15) is 12.1 Å². The van der Waals surface area contributed by atoms with E-state index in [-0.39, 0.29) is 24.4 Å². The van der Waals surface area contributed by atoms with E-state index in [1.165, 1.54) is 43.0 Å².